The molecule has 0 radical (unpaired) electrons. The van der Waals surface area contributed by atoms with Gasteiger partial charge in [0.05, 0.1) is 0 Å². The maximum absolute atomic E-state index is 3.63. The molecule has 0 fully saturated rings. The van der Waals surface area contributed by atoms with Crippen LogP contribution in [0.25, 0.3) is 0 Å². The fourth-order valence-corrected chi connectivity index (χ4v) is 3.24. The predicted molar refractivity (Wildman–Crippen MR) is 88.9 cm³/mol. The zero-order chi connectivity index (χ0) is 13.9. The molecule has 0 saturated carbocycles. The molecule has 0 bridgehead atoms. The molecule has 1 unspecified atom stereocenters. The lowest BCUT2D eigenvalue weighted by Crippen LogP contribution is -2.29. The minimum Gasteiger partial charge on any atom is -0.314 e. The molecule has 0 amide bonds. The van der Waals surface area contributed by atoms with E-state index in [1.54, 1.807) is 0 Å². The highest BCUT2D eigenvalue weighted by Gasteiger charge is 2.04. The van der Waals surface area contributed by atoms with Crippen LogP contribution in [0.15, 0.2) is 24.3 Å². The highest BCUT2D eigenvalue weighted by molar-refractivity contribution is 7.98. The molecule has 19 heavy (non-hydrogen) atoms. The van der Waals surface area contributed by atoms with E-state index in [0.717, 1.165) is 18.3 Å². The van der Waals surface area contributed by atoms with Gasteiger partial charge in [0.15, 0.2) is 0 Å². The molecule has 0 aliphatic carbocycles. The molecule has 108 valence electrons. The van der Waals surface area contributed by atoms with Crippen molar-refractivity contribution in [2.75, 3.05) is 12.3 Å². The Morgan fingerprint density at radius 1 is 1.21 bits per heavy atom. The Morgan fingerprint density at radius 3 is 2.68 bits per heavy atom. The molecule has 0 aliphatic heterocycles. The van der Waals surface area contributed by atoms with Crippen molar-refractivity contribution < 1.29 is 0 Å². The molecule has 1 N–H and O–H groups in total. The maximum atomic E-state index is 3.63. The predicted octanol–water partition coefficient (Wildman–Crippen LogP) is 4.79. The summed E-state index contributed by atoms with van der Waals surface area (Å²) in [5.74, 6) is 2.44. The van der Waals surface area contributed by atoms with Crippen molar-refractivity contribution in [3.8, 4) is 0 Å². The first-order valence-electron chi connectivity index (χ1n) is 7.63. The quantitative estimate of drug-likeness (QED) is 0.618. The molecule has 1 rings (SSSR count). The van der Waals surface area contributed by atoms with Gasteiger partial charge in [-0.2, -0.15) is 11.8 Å². The minimum absolute atomic E-state index is 0.721. The summed E-state index contributed by atoms with van der Waals surface area (Å²) in [6.07, 6.45) is 5.13. The Balaban J connectivity index is 2.12. The summed E-state index contributed by atoms with van der Waals surface area (Å²) < 4.78 is 0. The third-order valence-electron chi connectivity index (χ3n) is 3.54. The standard InChI is InChI=1S/C17H29NS/c1-4-12-18-17(5-2)11-8-13-19-14-16-10-7-6-9-15(16)3/h6-7,9-10,17-18H,4-5,8,11-14H2,1-3H3. The summed E-state index contributed by atoms with van der Waals surface area (Å²) >= 11 is 2.07. The average Bonchev–Trinajstić information content (AvgIpc) is 2.43. The molecular formula is C17H29NS. The number of hydrogen-bond donors (Lipinski definition) is 1. The molecule has 0 spiro atoms. The van der Waals surface area contributed by atoms with Crippen LogP contribution in [0, 0.1) is 6.92 Å². The lowest BCUT2D eigenvalue weighted by molar-refractivity contribution is 0.465. The van der Waals surface area contributed by atoms with Gasteiger partial charge in [-0.1, -0.05) is 38.1 Å². The maximum Gasteiger partial charge on any atom is 0.0187 e. The Bertz CT molecular complexity index is 338. The fourth-order valence-electron chi connectivity index (χ4n) is 2.18. The second kappa shape index (κ2) is 10.3. The first-order valence-corrected chi connectivity index (χ1v) is 8.79. The van der Waals surface area contributed by atoms with Crippen LogP contribution in [-0.4, -0.2) is 18.3 Å². The van der Waals surface area contributed by atoms with E-state index in [1.165, 1.54) is 42.6 Å². The summed E-state index contributed by atoms with van der Waals surface area (Å²) in [5.41, 5.74) is 2.91. The van der Waals surface area contributed by atoms with Crippen LogP contribution in [0.4, 0.5) is 0 Å². The van der Waals surface area contributed by atoms with Crippen molar-refractivity contribution >= 4 is 11.8 Å². The van der Waals surface area contributed by atoms with E-state index in [4.69, 9.17) is 0 Å². The van der Waals surface area contributed by atoms with Gasteiger partial charge in [-0.15, -0.1) is 0 Å². The van der Waals surface area contributed by atoms with E-state index in [0.29, 0.717) is 0 Å². The summed E-state index contributed by atoms with van der Waals surface area (Å²) in [5, 5.41) is 3.63. The minimum atomic E-state index is 0.721. The summed E-state index contributed by atoms with van der Waals surface area (Å²) in [7, 11) is 0. The molecule has 0 saturated heterocycles. The summed E-state index contributed by atoms with van der Waals surface area (Å²) in [6, 6.07) is 9.44. The van der Waals surface area contributed by atoms with Crippen LogP contribution < -0.4 is 5.32 Å². The van der Waals surface area contributed by atoms with Gasteiger partial charge < -0.3 is 5.32 Å². The van der Waals surface area contributed by atoms with Crippen LogP contribution in [-0.2, 0) is 5.75 Å². The third-order valence-corrected chi connectivity index (χ3v) is 4.63. The normalized spacial score (nSPS) is 12.6. The molecular weight excluding hydrogens is 250 g/mol. The zero-order valence-electron chi connectivity index (χ0n) is 12.7. The molecule has 0 aliphatic rings. The van der Waals surface area contributed by atoms with Gasteiger partial charge in [0.25, 0.3) is 0 Å². The second-order valence-corrected chi connectivity index (χ2v) is 6.29. The van der Waals surface area contributed by atoms with Crippen LogP contribution in [0.1, 0.15) is 50.7 Å². The largest absolute Gasteiger partial charge is 0.314 e. The number of thioether (sulfide) groups is 1. The lowest BCUT2D eigenvalue weighted by Gasteiger charge is -2.16. The third kappa shape index (κ3) is 7.03. The molecule has 0 aromatic heterocycles. The Hall–Kier alpha value is -0.470. The lowest BCUT2D eigenvalue weighted by atomic mass is 10.1. The van der Waals surface area contributed by atoms with Gasteiger partial charge in [0.2, 0.25) is 0 Å². The van der Waals surface area contributed by atoms with E-state index in [1.807, 2.05) is 0 Å². The van der Waals surface area contributed by atoms with Gasteiger partial charge in [-0.05, 0) is 56.0 Å². The smallest absolute Gasteiger partial charge is 0.0187 e. The van der Waals surface area contributed by atoms with Crippen LogP contribution in [0.3, 0.4) is 0 Å². The Morgan fingerprint density at radius 2 is 2.00 bits per heavy atom. The zero-order valence-corrected chi connectivity index (χ0v) is 13.6. The number of hydrogen-bond acceptors (Lipinski definition) is 2. The number of nitrogens with one attached hydrogen (secondary N) is 1. The van der Waals surface area contributed by atoms with Crippen molar-refractivity contribution in [3.63, 3.8) is 0 Å². The van der Waals surface area contributed by atoms with Gasteiger partial charge >= 0.3 is 0 Å². The first-order chi connectivity index (χ1) is 9.27. The van der Waals surface area contributed by atoms with Crippen molar-refractivity contribution in [3.05, 3.63) is 35.4 Å². The molecule has 1 nitrogen and oxygen atoms in total. The summed E-state index contributed by atoms with van der Waals surface area (Å²) in [6.45, 7) is 7.89. The Kier molecular flexibility index (Phi) is 9.02. The van der Waals surface area contributed by atoms with Crippen LogP contribution in [0.5, 0.6) is 0 Å². The number of benzene rings is 1. The van der Waals surface area contributed by atoms with E-state index >= 15 is 0 Å². The van der Waals surface area contributed by atoms with E-state index in [9.17, 15) is 0 Å². The number of rotatable bonds is 10. The van der Waals surface area contributed by atoms with Crippen molar-refractivity contribution in [1.82, 2.24) is 5.32 Å². The first kappa shape index (κ1) is 16.6. The summed E-state index contributed by atoms with van der Waals surface area (Å²) in [4.78, 5) is 0. The SMILES string of the molecule is CCCNC(CC)CCCSCc1ccccc1C. The van der Waals surface area contributed by atoms with Gasteiger partial charge in [0.1, 0.15) is 0 Å². The highest BCUT2D eigenvalue weighted by atomic mass is 32.2. The van der Waals surface area contributed by atoms with Crippen LogP contribution >= 0.6 is 11.8 Å². The van der Waals surface area contributed by atoms with Gasteiger partial charge in [0, 0.05) is 11.8 Å². The van der Waals surface area contributed by atoms with Crippen molar-refractivity contribution in [2.24, 2.45) is 0 Å². The van der Waals surface area contributed by atoms with E-state index in [2.05, 4.69) is 62.1 Å². The molecule has 1 atom stereocenters. The molecule has 1 aromatic carbocycles. The second-order valence-electron chi connectivity index (χ2n) is 5.18. The fraction of sp³-hybridized carbons (Fsp3) is 0.647. The van der Waals surface area contributed by atoms with E-state index in [-0.39, 0.29) is 0 Å². The number of aryl methyl sites for hydroxylation is 1. The Labute approximate surface area is 123 Å². The highest BCUT2D eigenvalue weighted by Crippen LogP contribution is 2.17. The van der Waals surface area contributed by atoms with Crippen molar-refractivity contribution in [1.29, 1.82) is 0 Å². The van der Waals surface area contributed by atoms with Gasteiger partial charge in [-0.25, -0.2) is 0 Å². The monoisotopic (exact) mass is 279 g/mol. The molecule has 1 aromatic rings. The average molecular weight is 279 g/mol. The van der Waals surface area contributed by atoms with Gasteiger partial charge in [-0.3, -0.25) is 0 Å². The molecule has 2 heteroatoms. The van der Waals surface area contributed by atoms with E-state index < -0.39 is 0 Å². The van der Waals surface area contributed by atoms with Crippen LogP contribution in [0.2, 0.25) is 0 Å². The van der Waals surface area contributed by atoms with Crippen molar-refractivity contribution in [2.45, 2.75) is 58.2 Å². The molecule has 0 heterocycles. The topological polar surface area (TPSA) is 12.0 Å².